The normalized spacial score (nSPS) is 1.50. The van der Waals surface area contributed by atoms with Crippen LogP contribution in [-0.4, -0.2) is 0 Å². The molecule has 4 heteroatoms. The zero-order valence-electron chi connectivity index (χ0n) is 1.60. The van der Waals surface area contributed by atoms with Gasteiger partial charge in [0.1, 0.15) is 0 Å². The van der Waals surface area contributed by atoms with Gasteiger partial charge in [0, 0.05) is 0 Å². The van der Waals surface area contributed by atoms with Gasteiger partial charge < -0.3 is 11.0 Å². The van der Waals surface area contributed by atoms with Crippen LogP contribution in [0.25, 0.3) is 0 Å². The van der Waals surface area contributed by atoms with Crippen molar-refractivity contribution in [2.24, 2.45) is 0 Å². The van der Waals surface area contributed by atoms with Gasteiger partial charge in [-0.25, -0.2) is 0 Å². The van der Waals surface area contributed by atoms with Gasteiger partial charge in [0.25, 0.3) is 0 Å². The molecule has 0 saturated carbocycles. The molecule has 0 aliphatic rings. The summed E-state index contributed by atoms with van der Waals surface area (Å²) in [4.78, 5) is 0. The summed E-state index contributed by atoms with van der Waals surface area (Å²) in [6, 6.07) is 0. The van der Waals surface area contributed by atoms with Crippen molar-refractivity contribution >= 4 is 0 Å². The second-order valence-electron chi connectivity index (χ2n) is 0. The van der Waals surface area contributed by atoms with Crippen molar-refractivity contribution in [2.75, 3.05) is 0 Å². The molecule has 0 bridgehead atoms. The zero-order chi connectivity index (χ0) is 2.00. The van der Waals surface area contributed by atoms with Crippen molar-refractivity contribution in [2.45, 2.75) is 0 Å². The van der Waals surface area contributed by atoms with E-state index >= 15 is 0 Å². The summed E-state index contributed by atoms with van der Waals surface area (Å²) in [6.45, 7) is 0. The maximum absolute atomic E-state index is 8.06. The van der Waals surface area contributed by atoms with Crippen LogP contribution in [0, 0.1) is 0 Å². The number of rotatable bonds is 0. The molecule has 0 aliphatic heterocycles. The van der Waals surface area contributed by atoms with Gasteiger partial charge in [-0.3, -0.25) is 0 Å². The van der Waals surface area contributed by atoms with Crippen LogP contribution < -0.4 is 0 Å². The molecule has 3 nitrogen and oxygen atoms in total. The van der Waals surface area contributed by atoms with Crippen molar-refractivity contribution in [3.8, 4) is 0 Å². The molecule has 0 amide bonds. The van der Waals surface area contributed by atoms with E-state index in [1.807, 2.05) is 0 Å². The Hall–Kier alpha value is 0.239. The molecule has 0 fully saturated rings. The van der Waals surface area contributed by atoms with Crippen LogP contribution in [0.15, 0.2) is 0 Å². The van der Waals surface area contributed by atoms with E-state index in [2.05, 4.69) is 0 Å². The van der Waals surface area contributed by atoms with Crippen LogP contribution in [-0.2, 0) is 30.7 Å². The van der Waals surface area contributed by atoms with Gasteiger partial charge in [0.15, 0.2) is 0 Å². The van der Waals surface area contributed by atoms with E-state index in [0.29, 0.717) is 0 Å². The molecule has 0 heterocycles. The summed E-state index contributed by atoms with van der Waals surface area (Å²) in [7, 11) is 0. The predicted molar refractivity (Wildman–Crippen MR) is 2.06 cm³/mol. The van der Waals surface area contributed by atoms with Crippen LogP contribution in [0.1, 0.15) is 0 Å². The average Bonchev–Trinajstić information content (AvgIpc) is 1.00. The maximum atomic E-state index is 8.06. The van der Waals surface area contributed by atoms with E-state index in [9.17, 15) is 0 Å². The molecule has 0 spiro atoms. The van der Waals surface area contributed by atoms with E-state index in [4.69, 9.17) is 3.83 Å². The molecule has 0 rings (SSSR count). The molecule has 0 aromatic heterocycles. The first-order valence-corrected chi connectivity index (χ1v) is 0.636. The topological polar surface area (TPSA) is 74.1 Å². The molecule has 0 radical (unpaired) electrons. The second-order valence-corrected chi connectivity index (χ2v) is 0. The first-order valence-electron chi connectivity index (χ1n) is 0.154. The summed E-state index contributed by atoms with van der Waals surface area (Å²) in [5.74, 6) is 0. The first-order chi connectivity index (χ1) is 1.00. The van der Waals surface area contributed by atoms with Gasteiger partial charge in [-0.15, -0.1) is 0 Å². The molecule has 4 heavy (non-hydrogen) atoms. The SMILES string of the molecule is [O-2].[O-2].[O]=[Mn+4]. The molecule has 0 aromatic rings. The van der Waals surface area contributed by atoms with Gasteiger partial charge in [0.2, 0.25) is 0 Å². The van der Waals surface area contributed by atoms with Crippen LogP contribution in [0.4, 0.5) is 0 Å². The molecule has 0 saturated heterocycles. The van der Waals surface area contributed by atoms with Gasteiger partial charge in [-0.1, -0.05) is 0 Å². The monoisotopic (exact) mass is 103 g/mol. The Morgan fingerprint density at radius 3 is 1.00 bits per heavy atom. The third-order valence-corrected chi connectivity index (χ3v) is 0. The molecule has 0 atom stereocenters. The van der Waals surface area contributed by atoms with Crippen molar-refractivity contribution in [1.82, 2.24) is 0 Å². The molecule has 0 aromatic carbocycles. The predicted octanol–water partition coefficient (Wildman–Crippen LogP) is -0.359. The minimum atomic E-state index is 0. The van der Waals surface area contributed by atoms with E-state index in [1.54, 1.807) is 15.9 Å². The molecular formula is MnO3. The molecule has 25 valence electrons. The quantitative estimate of drug-likeness (QED) is 0.385. The van der Waals surface area contributed by atoms with Crippen molar-refractivity contribution in [3.05, 3.63) is 0 Å². The fourth-order valence-corrected chi connectivity index (χ4v) is 0. The Morgan fingerprint density at radius 1 is 1.00 bits per heavy atom. The van der Waals surface area contributed by atoms with Gasteiger partial charge in [0.05, 0.1) is 0 Å². The Bertz CT molecular complexity index is 3.25. The summed E-state index contributed by atoms with van der Waals surface area (Å²) < 4.78 is 8.06. The molecule has 0 N–H and O–H groups in total. The minimum absolute atomic E-state index is 0. The van der Waals surface area contributed by atoms with E-state index in [0.717, 1.165) is 0 Å². The van der Waals surface area contributed by atoms with E-state index in [1.165, 1.54) is 0 Å². The van der Waals surface area contributed by atoms with Gasteiger partial charge >= 0.3 is 19.8 Å². The van der Waals surface area contributed by atoms with E-state index in [-0.39, 0.29) is 11.0 Å². The van der Waals surface area contributed by atoms with Gasteiger partial charge in [-0.2, -0.15) is 0 Å². The zero-order valence-corrected chi connectivity index (χ0v) is 2.78. The summed E-state index contributed by atoms with van der Waals surface area (Å²) in [5, 5.41) is 0. The van der Waals surface area contributed by atoms with Crippen molar-refractivity contribution in [1.29, 1.82) is 0 Å². The molecule has 0 unspecified atom stereocenters. The van der Waals surface area contributed by atoms with Crippen LogP contribution in [0.5, 0.6) is 0 Å². The third kappa shape index (κ3) is 60.0. The average molecular weight is 103 g/mol. The Balaban J connectivity index is -0.00000000500. The molecular weight excluding hydrogens is 103 g/mol. The fourth-order valence-electron chi connectivity index (χ4n) is 0. The Kier molecular flexibility index (Phi) is 2050. The standard InChI is InChI=1S/Mn.3O/q+4;;2*-2. The van der Waals surface area contributed by atoms with Gasteiger partial charge in [-0.05, 0) is 0 Å². The molecule has 0 aliphatic carbocycles. The number of hydrogen-bond acceptors (Lipinski definition) is 1. The summed E-state index contributed by atoms with van der Waals surface area (Å²) in [6.07, 6.45) is 0. The Morgan fingerprint density at radius 2 is 1.00 bits per heavy atom. The third-order valence-electron chi connectivity index (χ3n) is 0. The van der Waals surface area contributed by atoms with Crippen molar-refractivity contribution < 1.29 is 30.7 Å². The van der Waals surface area contributed by atoms with Crippen LogP contribution in [0.2, 0.25) is 0 Å². The van der Waals surface area contributed by atoms with Crippen molar-refractivity contribution in [3.63, 3.8) is 0 Å². The Labute approximate surface area is 31.6 Å². The van der Waals surface area contributed by atoms with E-state index < -0.39 is 0 Å². The first kappa shape index (κ1) is 29.0. The van der Waals surface area contributed by atoms with Crippen LogP contribution in [0.3, 0.4) is 0 Å². The fraction of sp³-hybridized carbons (Fsp3) is 0. The second kappa shape index (κ2) is 283. The van der Waals surface area contributed by atoms with Crippen LogP contribution >= 0.6 is 0 Å². The number of hydrogen-bond donors (Lipinski definition) is 0. The summed E-state index contributed by atoms with van der Waals surface area (Å²) in [5.41, 5.74) is 0. The summed E-state index contributed by atoms with van der Waals surface area (Å²) >= 11 is 1.69.